The Morgan fingerprint density at radius 2 is 2.18 bits per heavy atom. The van der Waals surface area contributed by atoms with E-state index in [0.29, 0.717) is 12.5 Å². The van der Waals surface area contributed by atoms with Gasteiger partial charge in [-0.1, -0.05) is 37.3 Å². The van der Waals surface area contributed by atoms with Crippen LogP contribution >= 0.6 is 0 Å². The van der Waals surface area contributed by atoms with Gasteiger partial charge in [-0.05, 0) is 17.9 Å². The van der Waals surface area contributed by atoms with Crippen LogP contribution < -0.4 is 5.73 Å². The molecule has 2 atom stereocenters. The van der Waals surface area contributed by atoms with Gasteiger partial charge in [-0.15, -0.1) is 0 Å². The fourth-order valence-electron chi connectivity index (χ4n) is 2.42. The summed E-state index contributed by atoms with van der Waals surface area (Å²) in [5.41, 5.74) is 6.79. The first-order valence-electron chi connectivity index (χ1n) is 6.26. The Bertz CT molecular complexity index is 377. The van der Waals surface area contributed by atoms with E-state index in [-0.39, 0.29) is 11.8 Å². The third kappa shape index (κ3) is 2.67. The molecule has 2 N–H and O–H groups in total. The maximum Gasteiger partial charge on any atom is 0.231 e. The van der Waals surface area contributed by atoms with Gasteiger partial charge in [0.25, 0.3) is 0 Å². The average molecular weight is 232 g/mol. The molecule has 0 saturated carbocycles. The largest absolute Gasteiger partial charge is 0.342 e. The molecule has 0 bridgehead atoms. The van der Waals surface area contributed by atoms with E-state index in [4.69, 9.17) is 5.73 Å². The van der Waals surface area contributed by atoms with Crippen molar-refractivity contribution in [3.05, 3.63) is 35.9 Å². The average Bonchev–Trinajstić information content (AvgIpc) is 2.78. The van der Waals surface area contributed by atoms with Crippen molar-refractivity contribution in [3.63, 3.8) is 0 Å². The minimum atomic E-state index is -0.179. The summed E-state index contributed by atoms with van der Waals surface area (Å²) in [5.74, 6) is 0.623. The van der Waals surface area contributed by atoms with Gasteiger partial charge in [0.2, 0.25) is 5.91 Å². The standard InChI is InChI=1S/C14H20N2O/c1-11-7-8-16(10-11)14(17)13(9-15)12-5-3-2-4-6-12/h2-6,11,13H,7-10,15H2,1H3. The Morgan fingerprint density at radius 3 is 2.71 bits per heavy atom. The van der Waals surface area contributed by atoms with Crippen LogP contribution in [0.5, 0.6) is 0 Å². The van der Waals surface area contributed by atoms with Crippen LogP contribution in [0.25, 0.3) is 0 Å². The summed E-state index contributed by atoms with van der Waals surface area (Å²) in [7, 11) is 0. The molecule has 3 heteroatoms. The molecule has 1 saturated heterocycles. The zero-order valence-electron chi connectivity index (χ0n) is 10.3. The van der Waals surface area contributed by atoms with E-state index in [9.17, 15) is 4.79 Å². The molecule has 0 aliphatic carbocycles. The minimum absolute atomic E-state index is 0.179. The lowest BCUT2D eigenvalue weighted by atomic mass is 9.98. The Labute approximate surface area is 103 Å². The van der Waals surface area contributed by atoms with Crippen LogP contribution in [-0.4, -0.2) is 30.4 Å². The zero-order valence-corrected chi connectivity index (χ0v) is 10.3. The van der Waals surface area contributed by atoms with Crippen molar-refractivity contribution >= 4 is 5.91 Å². The van der Waals surface area contributed by atoms with Gasteiger partial charge >= 0.3 is 0 Å². The normalized spacial score (nSPS) is 21.5. The summed E-state index contributed by atoms with van der Waals surface area (Å²) in [6.07, 6.45) is 1.11. The number of rotatable bonds is 3. The molecule has 1 aromatic carbocycles. The first-order chi connectivity index (χ1) is 8.22. The van der Waals surface area contributed by atoms with Crippen LogP contribution in [0, 0.1) is 5.92 Å². The fourth-order valence-corrected chi connectivity index (χ4v) is 2.42. The molecule has 1 amide bonds. The Balaban J connectivity index is 2.11. The van der Waals surface area contributed by atoms with Crippen LogP contribution in [0.1, 0.15) is 24.8 Å². The minimum Gasteiger partial charge on any atom is -0.342 e. The summed E-state index contributed by atoms with van der Waals surface area (Å²) in [6.45, 7) is 4.33. The van der Waals surface area contributed by atoms with E-state index in [2.05, 4.69) is 6.92 Å². The van der Waals surface area contributed by atoms with Crippen LogP contribution in [-0.2, 0) is 4.79 Å². The molecule has 1 aromatic rings. The maximum absolute atomic E-state index is 12.4. The quantitative estimate of drug-likeness (QED) is 0.860. The predicted molar refractivity (Wildman–Crippen MR) is 68.6 cm³/mol. The summed E-state index contributed by atoms with van der Waals surface area (Å²) < 4.78 is 0. The van der Waals surface area contributed by atoms with Gasteiger partial charge in [0, 0.05) is 19.6 Å². The summed E-state index contributed by atoms with van der Waals surface area (Å²) in [5, 5.41) is 0. The molecular weight excluding hydrogens is 212 g/mol. The third-order valence-corrected chi connectivity index (χ3v) is 3.47. The number of hydrogen-bond donors (Lipinski definition) is 1. The lowest BCUT2D eigenvalue weighted by Gasteiger charge is -2.22. The highest BCUT2D eigenvalue weighted by atomic mass is 16.2. The van der Waals surface area contributed by atoms with Crippen LogP contribution in [0.4, 0.5) is 0 Å². The third-order valence-electron chi connectivity index (χ3n) is 3.47. The predicted octanol–water partition coefficient (Wildman–Crippen LogP) is 1.60. The van der Waals surface area contributed by atoms with Gasteiger partial charge in [0.15, 0.2) is 0 Å². The molecule has 1 aliphatic heterocycles. The lowest BCUT2D eigenvalue weighted by Crippen LogP contribution is -2.36. The molecule has 0 spiro atoms. The molecule has 1 heterocycles. The Morgan fingerprint density at radius 1 is 1.47 bits per heavy atom. The lowest BCUT2D eigenvalue weighted by molar-refractivity contribution is -0.131. The molecule has 2 rings (SSSR count). The number of carbonyl (C=O) groups excluding carboxylic acids is 1. The number of carbonyl (C=O) groups is 1. The second kappa shape index (κ2) is 5.32. The molecule has 3 nitrogen and oxygen atoms in total. The van der Waals surface area contributed by atoms with E-state index >= 15 is 0 Å². The fraction of sp³-hybridized carbons (Fsp3) is 0.500. The number of benzene rings is 1. The maximum atomic E-state index is 12.4. The molecule has 2 unspecified atom stereocenters. The van der Waals surface area contributed by atoms with Crippen molar-refractivity contribution in [3.8, 4) is 0 Å². The Kier molecular flexibility index (Phi) is 3.79. The van der Waals surface area contributed by atoms with E-state index in [1.807, 2.05) is 35.2 Å². The van der Waals surface area contributed by atoms with E-state index in [0.717, 1.165) is 25.1 Å². The molecule has 1 aliphatic rings. The van der Waals surface area contributed by atoms with Crippen LogP contribution in [0.15, 0.2) is 30.3 Å². The smallest absolute Gasteiger partial charge is 0.231 e. The second-order valence-corrected chi connectivity index (χ2v) is 4.88. The van der Waals surface area contributed by atoms with Crippen molar-refractivity contribution in [2.75, 3.05) is 19.6 Å². The van der Waals surface area contributed by atoms with Gasteiger partial charge < -0.3 is 10.6 Å². The molecule has 0 aromatic heterocycles. The topological polar surface area (TPSA) is 46.3 Å². The van der Waals surface area contributed by atoms with Crippen molar-refractivity contribution in [2.24, 2.45) is 11.7 Å². The van der Waals surface area contributed by atoms with Crippen molar-refractivity contribution in [2.45, 2.75) is 19.3 Å². The van der Waals surface area contributed by atoms with Gasteiger partial charge in [0.1, 0.15) is 0 Å². The number of nitrogens with two attached hydrogens (primary N) is 1. The highest BCUT2D eigenvalue weighted by Crippen LogP contribution is 2.22. The summed E-state index contributed by atoms with van der Waals surface area (Å²) >= 11 is 0. The van der Waals surface area contributed by atoms with E-state index in [1.54, 1.807) is 0 Å². The SMILES string of the molecule is CC1CCN(C(=O)C(CN)c2ccccc2)C1. The monoisotopic (exact) mass is 232 g/mol. The first-order valence-corrected chi connectivity index (χ1v) is 6.26. The van der Waals surface area contributed by atoms with E-state index in [1.165, 1.54) is 0 Å². The zero-order chi connectivity index (χ0) is 12.3. The number of hydrogen-bond acceptors (Lipinski definition) is 2. The van der Waals surface area contributed by atoms with Crippen LogP contribution in [0.3, 0.4) is 0 Å². The number of nitrogens with zero attached hydrogens (tertiary/aromatic N) is 1. The highest BCUT2D eigenvalue weighted by Gasteiger charge is 2.29. The van der Waals surface area contributed by atoms with Gasteiger partial charge in [-0.3, -0.25) is 4.79 Å². The summed E-state index contributed by atoms with van der Waals surface area (Å²) in [4.78, 5) is 14.3. The molecular formula is C14H20N2O. The van der Waals surface area contributed by atoms with Gasteiger partial charge in [0.05, 0.1) is 5.92 Å². The van der Waals surface area contributed by atoms with Gasteiger partial charge in [-0.25, -0.2) is 0 Å². The molecule has 0 radical (unpaired) electrons. The molecule has 92 valence electrons. The van der Waals surface area contributed by atoms with Gasteiger partial charge in [-0.2, -0.15) is 0 Å². The van der Waals surface area contributed by atoms with Crippen molar-refractivity contribution in [1.29, 1.82) is 0 Å². The first kappa shape index (κ1) is 12.1. The van der Waals surface area contributed by atoms with Crippen molar-refractivity contribution < 1.29 is 4.79 Å². The second-order valence-electron chi connectivity index (χ2n) is 4.88. The highest BCUT2D eigenvalue weighted by molar-refractivity contribution is 5.84. The summed E-state index contributed by atoms with van der Waals surface area (Å²) in [6, 6.07) is 9.83. The number of likely N-dealkylation sites (tertiary alicyclic amines) is 1. The van der Waals surface area contributed by atoms with Crippen molar-refractivity contribution in [1.82, 2.24) is 4.90 Å². The van der Waals surface area contributed by atoms with Crippen LogP contribution in [0.2, 0.25) is 0 Å². The van der Waals surface area contributed by atoms with E-state index < -0.39 is 0 Å². The Hall–Kier alpha value is -1.35. The molecule has 17 heavy (non-hydrogen) atoms. The number of amides is 1. The molecule has 1 fully saturated rings.